The van der Waals surface area contributed by atoms with E-state index in [2.05, 4.69) is 0 Å². The monoisotopic (exact) mass is 474 g/mol. The molecule has 2 aromatic rings. The zero-order valence-corrected chi connectivity index (χ0v) is 17.3. The summed E-state index contributed by atoms with van der Waals surface area (Å²) in [6, 6.07) is 3.67. The summed E-state index contributed by atoms with van der Waals surface area (Å²) in [5.74, 6) is -9.40. The van der Waals surface area contributed by atoms with Gasteiger partial charge in [-0.3, -0.25) is 0 Å². The predicted molar refractivity (Wildman–Crippen MR) is 111 cm³/mol. The third-order valence-corrected chi connectivity index (χ3v) is 5.08. The second-order valence-corrected chi connectivity index (χ2v) is 7.07. The van der Waals surface area contributed by atoms with Crippen molar-refractivity contribution in [3.8, 4) is 0 Å². The van der Waals surface area contributed by atoms with Gasteiger partial charge in [0.15, 0.2) is 0 Å². The second-order valence-electron chi connectivity index (χ2n) is 7.07. The van der Waals surface area contributed by atoms with Gasteiger partial charge >= 0.3 is 35.8 Å². The lowest BCUT2D eigenvalue weighted by Gasteiger charge is -2.14. The fraction of sp³-hybridized carbons (Fsp3) is 0.182. The first-order valence-corrected chi connectivity index (χ1v) is 9.59. The first kappa shape index (κ1) is 25.5. The zero-order chi connectivity index (χ0) is 25.7. The highest BCUT2D eigenvalue weighted by atomic mass is 16.4. The zero-order valence-electron chi connectivity index (χ0n) is 17.3. The highest BCUT2D eigenvalue weighted by molar-refractivity contribution is 6.06. The molecule has 12 heteroatoms. The van der Waals surface area contributed by atoms with Crippen LogP contribution in [0, 0.1) is 0 Å². The Balaban J connectivity index is 2.43. The molecule has 0 aliphatic heterocycles. The van der Waals surface area contributed by atoms with E-state index in [1.54, 1.807) is 0 Å². The Kier molecular flexibility index (Phi) is 7.69. The molecule has 0 radical (unpaired) electrons. The van der Waals surface area contributed by atoms with Crippen LogP contribution < -0.4 is 0 Å². The minimum absolute atomic E-state index is 0.0129. The van der Waals surface area contributed by atoms with Crippen molar-refractivity contribution in [2.75, 3.05) is 0 Å². The van der Waals surface area contributed by atoms with Crippen molar-refractivity contribution in [2.45, 2.75) is 25.7 Å². The van der Waals surface area contributed by atoms with Crippen molar-refractivity contribution >= 4 is 35.8 Å². The van der Waals surface area contributed by atoms with Crippen LogP contribution in [0.15, 0.2) is 24.3 Å². The Morgan fingerprint density at radius 3 is 0.941 bits per heavy atom. The molecule has 0 saturated heterocycles. The van der Waals surface area contributed by atoms with Crippen LogP contribution in [0.4, 0.5) is 0 Å². The van der Waals surface area contributed by atoms with Crippen molar-refractivity contribution < 1.29 is 59.4 Å². The van der Waals surface area contributed by atoms with E-state index in [1.807, 2.05) is 0 Å². The van der Waals surface area contributed by atoms with Gasteiger partial charge in [0.25, 0.3) is 0 Å². The fourth-order valence-electron chi connectivity index (χ4n) is 3.66. The second kappa shape index (κ2) is 10.3. The molecule has 6 N–H and O–H groups in total. The molecule has 0 atom stereocenters. The Morgan fingerprint density at radius 2 is 0.706 bits per heavy atom. The molecule has 34 heavy (non-hydrogen) atoms. The van der Waals surface area contributed by atoms with Crippen molar-refractivity contribution in [1.29, 1.82) is 0 Å². The summed E-state index contributed by atoms with van der Waals surface area (Å²) in [6.45, 7) is 0. The van der Waals surface area contributed by atoms with E-state index >= 15 is 0 Å². The highest BCUT2D eigenvalue weighted by Gasteiger charge is 2.27. The average Bonchev–Trinajstić information content (AvgIpc) is 2.74. The van der Waals surface area contributed by atoms with Gasteiger partial charge in [0.05, 0.1) is 33.4 Å². The molecule has 12 nitrogen and oxygen atoms in total. The number of hydrogen-bond acceptors (Lipinski definition) is 6. The largest absolute Gasteiger partial charge is 0.478 e. The molecule has 2 rings (SSSR count). The van der Waals surface area contributed by atoms with Crippen LogP contribution >= 0.6 is 0 Å². The maximum absolute atomic E-state index is 11.7. The van der Waals surface area contributed by atoms with Gasteiger partial charge in [0, 0.05) is 0 Å². The maximum atomic E-state index is 11.7. The van der Waals surface area contributed by atoms with Gasteiger partial charge in [-0.1, -0.05) is 0 Å². The first-order chi connectivity index (χ1) is 15.9. The Morgan fingerprint density at radius 1 is 0.441 bits per heavy atom. The van der Waals surface area contributed by atoms with Crippen molar-refractivity contribution in [3.05, 3.63) is 68.8 Å². The molecule has 178 valence electrons. The number of hydrogen-bond donors (Lipinski definition) is 6. The lowest BCUT2D eigenvalue weighted by atomic mass is 9.89. The molecular weight excluding hydrogens is 456 g/mol. The van der Waals surface area contributed by atoms with E-state index in [0.717, 1.165) is 24.3 Å². The molecule has 0 unspecified atom stereocenters. The number of rotatable bonds is 11. The summed E-state index contributed by atoms with van der Waals surface area (Å²) in [5, 5.41) is 56.2. The Bertz CT molecular complexity index is 1130. The minimum Gasteiger partial charge on any atom is -0.478 e. The van der Waals surface area contributed by atoms with Crippen LogP contribution in [-0.2, 0) is 12.8 Å². The van der Waals surface area contributed by atoms with Gasteiger partial charge in [-0.2, -0.15) is 0 Å². The van der Waals surface area contributed by atoms with E-state index < -0.39 is 69.2 Å². The Hall–Kier alpha value is -4.74. The summed E-state index contributed by atoms with van der Waals surface area (Å²) < 4.78 is 0. The molecule has 0 saturated carbocycles. The van der Waals surface area contributed by atoms with E-state index in [1.165, 1.54) is 0 Å². The van der Waals surface area contributed by atoms with E-state index in [-0.39, 0.29) is 36.8 Å². The number of benzene rings is 2. The van der Waals surface area contributed by atoms with Crippen LogP contribution in [0.1, 0.15) is 86.1 Å². The molecule has 0 spiro atoms. The van der Waals surface area contributed by atoms with Crippen LogP contribution in [0.3, 0.4) is 0 Å². The summed E-state index contributed by atoms with van der Waals surface area (Å²) in [5.41, 5.74) is -3.96. The molecule has 0 aliphatic carbocycles. The van der Waals surface area contributed by atoms with Gasteiger partial charge in [0.1, 0.15) is 0 Å². The van der Waals surface area contributed by atoms with Crippen LogP contribution in [0.25, 0.3) is 0 Å². The third-order valence-electron chi connectivity index (χ3n) is 5.08. The average molecular weight is 474 g/mol. The normalized spacial score (nSPS) is 10.5. The van der Waals surface area contributed by atoms with Crippen LogP contribution in [-0.4, -0.2) is 66.5 Å². The number of carboxylic acids is 6. The molecule has 0 heterocycles. The SMILES string of the molecule is O=C(O)c1ccc(C(=O)O)c(C(=O)O)c1CCCCc1c(C(=O)O)ccc(C(=O)O)c1C(=O)O. The molecule has 2 aromatic carbocycles. The van der Waals surface area contributed by atoms with Gasteiger partial charge in [0.2, 0.25) is 0 Å². The molecule has 0 bridgehead atoms. The van der Waals surface area contributed by atoms with E-state index in [4.69, 9.17) is 0 Å². The molecule has 0 amide bonds. The van der Waals surface area contributed by atoms with Gasteiger partial charge in [-0.05, 0) is 61.1 Å². The quantitative estimate of drug-likeness (QED) is 0.258. The topological polar surface area (TPSA) is 224 Å². The van der Waals surface area contributed by atoms with Gasteiger partial charge in [-0.25, -0.2) is 28.8 Å². The van der Waals surface area contributed by atoms with Crippen LogP contribution in [0.5, 0.6) is 0 Å². The van der Waals surface area contributed by atoms with E-state index in [9.17, 15) is 59.4 Å². The minimum atomic E-state index is -1.65. The number of carboxylic acid groups (broad SMARTS) is 6. The predicted octanol–water partition coefficient (Wildman–Crippen LogP) is 2.44. The fourth-order valence-corrected chi connectivity index (χ4v) is 3.66. The summed E-state index contributed by atoms with van der Waals surface area (Å²) >= 11 is 0. The Labute approximate surface area is 190 Å². The van der Waals surface area contributed by atoms with Crippen molar-refractivity contribution in [1.82, 2.24) is 0 Å². The van der Waals surface area contributed by atoms with Crippen LogP contribution in [0.2, 0.25) is 0 Å². The third kappa shape index (κ3) is 5.18. The lowest BCUT2D eigenvalue weighted by Crippen LogP contribution is -2.17. The summed E-state index contributed by atoms with van der Waals surface area (Å²) in [6.07, 6.45) is -0.431. The summed E-state index contributed by atoms with van der Waals surface area (Å²) in [4.78, 5) is 69.2. The standard InChI is InChI=1S/C22H18O12/c23-17(24)11-5-7-13(19(27)28)15(21(31)32)9(11)3-1-2-4-10-12(18(25)26)6-8-14(20(29)30)16(10)22(33)34/h5-8H,1-4H2,(H,23,24)(H,25,26)(H,27,28)(H,29,30)(H,31,32)(H,33,34). The maximum Gasteiger partial charge on any atom is 0.336 e. The van der Waals surface area contributed by atoms with Crippen molar-refractivity contribution in [3.63, 3.8) is 0 Å². The number of aromatic carboxylic acids is 6. The van der Waals surface area contributed by atoms with E-state index in [0.29, 0.717) is 0 Å². The molecule has 0 aliphatic rings. The molecular formula is C22H18O12. The highest BCUT2D eigenvalue weighted by Crippen LogP contribution is 2.26. The number of unbranched alkanes of at least 4 members (excludes halogenated alkanes) is 1. The molecule has 0 fully saturated rings. The number of carbonyl (C=O) groups is 6. The van der Waals surface area contributed by atoms with Gasteiger partial charge < -0.3 is 30.6 Å². The smallest absolute Gasteiger partial charge is 0.336 e. The lowest BCUT2D eigenvalue weighted by molar-refractivity contribution is 0.0646. The molecule has 0 aromatic heterocycles. The van der Waals surface area contributed by atoms with Gasteiger partial charge in [-0.15, -0.1) is 0 Å². The first-order valence-electron chi connectivity index (χ1n) is 9.59. The summed E-state index contributed by atoms with van der Waals surface area (Å²) in [7, 11) is 0. The van der Waals surface area contributed by atoms with Crippen molar-refractivity contribution in [2.24, 2.45) is 0 Å².